The van der Waals surface area contributed by atoms with E-state index in [4.69, 9.17) is 10.9 Å². The van der Waals surface area contributed by atoms with Gasteiger partial charge in [0.05, 0.1) is 6.54 Å². The highest BCUT2D eigenvalue weighted by atomic mass is 32.2. The number of nitrogens with one attached hydrogen (secondary N) is 1. The molecule has 0 aliphatic heterocycles. The summed E-state index contributed by atoms with van der Waals surface area (Å²) in [6.45, 7) is -0.837. The molecular formula is C13H20F3N7OS. The van der Waals surface area contributed by atoms with Crippen molar-refractivity contribution < 1.29 is 18.4 Å². The lowest BCUT2D eigenvalue weighted by atomic mass is 10.2. The molecular weight excluding hydrogens is 359 g/mol. The highest BCUT2D eigenvalue weighted by Crippen LogP contribution is 2.17. The minimum absolute atomic E-state index is 0.287. The molecule has 0 aliphatic rings. The summed E-state index contributed by atoms with van der Waals surface area (Å²) in [5.41, 5.74) is 5.39. The largest absolute Gasteiger partial charge is 0.408 e. The zero-order valence-corrected chi connectivity index (χ0v) is 14.2. The molecule has 4 N–H and O–H groups in total. The molecule has 0 aliphatic carbocycles. The molecule has 0 saturated heterocycles. The Balaban J connectivity index is 2.32. The topological polar surface area (TPSA) is 121 Å². The first-order chi connectivity index (χ1) is 11.9. The number of aliphatic imine (C=N–C) groups is 1. The van der Waals surface area contributed by atoms with E-state index in [-0.39, 0.29) is 11.8 Å². The van der Waals surface area contributed by atoms with Gasteiger partial charge in [0.25, 0.3) is 0 Å². The van der Waals surface area contributed by atoms with Crippen LogP contribution in [0.1, 0.15) is 25.7 Å². The number of thioether (sulfide) groups is 1. The monoisotopic (exact) mass is 379 g/mol. The second-order valence-corrected chi connectivity index (χ2v) is 5.95. The van der Waals surface area contributed by atoms with Crippen LogP contribution in [0.5, 0.6) is 0 Å². The van der Waals surface area contributed by atoms with E-state index in [0.717, 1.165) is 31.4 Å². The van der Waals surface area contributed by atoms with Gasteiger partial charge in [0.1, 0.15) is 12.4 Å². The van der Waals surface area contributed by atoms with Crippen molar-refractivity contribution in [3.8, 4) is 0 Å². The zero-order valence-electron chi connectivity index (χ0n) is 13.4. The van der Waals surface area contributed by atoms with Gasteiger partial charge in [0.15, 0.2) is 11.1 Å². The molecule has 0 unspecified atom stereocenters. The fraction of sp³-hybridized carbons (Fsp3) is 0.615. The predicted molar refractivity (Wildman–Crippen MR) is 88.9 cm³/mol. The van der Waals surface area contributed by atoms with E-state index < -0.39 is 12.7 Å². The van der Waals surface area contributed by atoms with Gasteiger partial charge in [-0.25, -0.2) is 15.0 Å². The van der Waals surface area contributed by atoms with Gasteiger partial charge < -0.3 is 16.3 Å². The molecule has 1 aromatic heterocycles. The molecule has 1 rings (SSSR count). The summed E-state index contributed by atoms with van der Waals surface area (Å²) < 4.78 is 36.2. The number of unbranched alkanes of at least 4 members (excludes halogenated alkanes) is 3. The number of aromatic nitrogens is 2. The van der Waals surface area contributed by atoms with Crippen molar-refractivity contribution in [3.63, 3.8) is 0 Å². The number of rotatable bonds is 10. The minimum atomic E-state index is -4.40. The van der Waals surface area contributed by atoms with Crippen LogP contribution < -0.4 is 11.1 Å². The maximum Gasteiger partial charge on any atom is 0.408 e. The van der Waals surface area contributed by atoms with Gasteiger partial charge in [0.2, 0.25) is 0 Å². The van der Waals surface area contributed by atoms with Gasteiger partial charge >= 0.3 is 6.18 Å². The van der Waals surface area contributed by atoms with Crippen molar-refractivity contribution in [2.24, 2.45) is 21.1 Å². The van der Waals surface area contributed by atoms with Gasteiger partial charge in [-0.3, -0.25) is 0 Å². The van der Waals surface area contributed by atoms with Gasteiger partial charge in [-0.1, -0.05) is 24.6 Å². The summed E-state index contributed by atoms with van der Waals surface area (Å²) in [5, 5.41) is 17.3. The Labute approximate surface area is 147 Å². The van der Waals surface area contributed by atoms with E-state index in [1.165, 1.54) is 24.0 Å². The summed E-state index contributed by atoms with van der Waals surface area (Å²) in [6.07, 6.45) is 0.893. The second kappa shape index (κ2) is 11.4. The predicted octanol–water partition coefficient (Wildman–Crippen LogP) is 3.26. The Hall–Kier alpha value is -2.11. The maximum atomic E-state index is 12.1. The van der Waals surface area contributed by atoms with E-state index in [1.54, 1.807) is 0 Å². The fourth-order valence-electron chi connectivity index (χ4n) is 1.67. The first-order valence-corrected chi connectivity index (χ1v) is 8.49. The molecule has 0 aromatic carbocycles. The molecule has 1 heterocycles. The van der Waals surface area contributed by atoms with Crippen molar-refractivity contribution >= 4 is 23.5 Å². The third kappa shape index (κ3) is 11.1. The average Bonchev–Trinajstić information content (AvgIpc) is 2.55. The number of halogens is 3. The summed E-state index contributed by atoms with van der Waals surface area (Å²) in [4.78, 5) is 11.4. The van der Waals surface area contributed by atoms with Crippen molar-refractivity contribution in [2.75, 3.05) is 24.2 Å². The van der Waals surface area contributed by atoms with Gasteiger partial charge in [-0.05, 0) is 18.9 Å². The first-order valence-electron chi connectivity index (χ1n) is 7.51. The van der Waals surface area contributed by atoms with Crippen LogP contribution in [0.4, 0.5) is 19.0 Å². The van der Waals surface area contributed by atoms with Gasteiger partial charge in [-0.15, -0.1) is 0 Å². The normalized spacial score (nSPS) is 12.7. The molecule has 0 amide bonds. The number of alkyl halides is 3. The summed E-state index contributed by atoms with van der Waals surface area (Å²) in [5.74, 6) is 0.741. The van der Waals surface area contributed by atoms with E-state index in [9.17, 15) is 13.2 Å². The summed E-state index contributed by atoms with van der Waals surface area (Å²) in [7, 11) is 0. The molecule has 0 bridgehead atoms. The van der Waals surface area contributed by atoms with Gasteiger partial charge in [-0.2, -0.15) is 18.3 Å². The Morgan fingerprint density at radius 2 is 2.04 bits per heavy atom. The van der Waals surface area contributed by atoms with Gasteiger partial charge in [0, 0.05) is 17.2 Å². The Morgan fingerprint density at radius 1 is 1.28 bits per heavy atom. The van der Waals surface area contributed by atoms with Crippen LogP contribution in [0.25, 0.3) is 0 Å². The number of nitrogens with two attached hydrogens (primary N) is 1. The van der Waals surface area contributed by atoms with Crippen LogP contribution in [0, 0.1) is 0 Å². The number of guanidine groups is 1. The Bertz CT molecular complexity index is 569. The van der Waals surface area contributed by atoms with Crippen molar-refractivity contribution in [1.29, 1.82) is 0 Å². The van der Waals surface area contributed by atoms with E-state index in [1.807, 2.05) is 0 Å². The average molecular weight is 379 g/mol. The second-order valence-electron chi connectivity index (χ2n) is 4.88. The van der Waals surface area contributed by atoms with E-state index >= 15 is 0 Å². The van der Waals surface area contributed by atoms with E-state index in [0.29, 0.717) is 11.7 Å². The highest BCUT2D eigenvalue weighted by molar-refractivity contribution is 7.99. The number of hydrogen-bond donors (Lipinski definition) is 3. The van der Waals surface area contributed by atoms with Crippen LogP contribution in [-0.4, -0.2) is 46.2 Å². The minimum Gasteiger partial charge on any atom is -0.395 e. The summed E-state index contributed by atoms with van der Waals surface area (Å²) >= 11 is 1.44. The smallest absolute Gasteiger partial charge is 0.395 e. The third-order valence-corrected chi connectivity index (χ3v) is 3.71. The summed E-state index contributed by atoms with van der Waals surface area (Å²) in [6, 6.07) is 1.50. The molecule has 25 heavy (non-hydrogen) atoms. The van der Waals surface area contributed by atoms with Crippen LogP contribution in [0.2, 0.25) is 0 Å². The molecule has 8 nitrogen and oxygen atoms in total. The van der Waals surface area contributed by atoms with E-state index in [2.05, 4.69) is 30.7 Å². The van der Waals surface area contributed by atoms with Crippen molar-refractivity contribution in [2.45, 2.75) is 37.0 Å². The molecule has 0 atom stereocenters. The standard InChI is InChI=1S/C13H20F3N7OS/c14-13(15,16)9-19-11(17)21-10-5-7-18-12(22-10)25-8-4-2-1-3-6-20-23-24/h5,7H,1-4,6,8-9H2,(H,20,24)(H3,17,18,19,21,22). The van der Waals surface area contributed by atoms with Crippen molar-refractivity contribution in [3.05, 3.63) is 12.3 Å². The lowest BCUT2D eigenvalue weighted by Gasteiger charge is -2.07. The first kappa shape index (κ1) is 20.9. The van der Waals surface area contributed by atoms with Crippen molar-refractivity contribution in [1.82, 2.24) is 9.97 Å². The molecule has 0 spiro atoms. The Kier molecular flexibility index (Phi) is 9.58. The molecule has 140 valence electrons. The zero-order chi connectivity index (χ0) is 18.5. The van der Waals surface area contributed by atoms with Crippen LogP contribution in [0.3, 0.4) is 0 Å². The molecule has 1 aromatic rings. The lowest BCUT2D eigenvalue weighted by molar-refractivity contribution is -0.118. The highest BCUT2D eigenvalue weighted by Gasteiger charge is 2.26. The quantitative estimate of drug-likeness (QED) is 0.109. The maximum absolute atomic E-state index is 12.1. The molecule has 0 radical (unpaired) electrons. The lowest BCUT2D eigenvalue weighted by Crippen LogP contribution is -2.26. The Morgan fingerprint density at radius 3 is 2.76 bits per heavy atom. The van der Waals surface area contributed by atoms with Crippen LogP contribution >= 0.6 is 11.8 Å². The molecule has 0 saturated carbocycles. The fourth-order valence-corrected chi connectivity index (χ4v) is 2.50. The molecule has 12 heteroatoms. The number of nitrogens with zero attached hydrogens (tertiary/aromatic N) is 5. The molecule has 0 fully saturated rings. The number of hydrogen-bond acceptors (Lipinski definition) is 6. The SMILES string of the molecule is NC(=NCC(F)(F)F)Nc1ccnc(SCCCCCCN=NO)n1. The third-order valence-electron chi connectivity index (χ3n) is 2.77. The van der Waals surface area contributed by atoms with Crippen LogP contribution in [-0.2, 0) is 0 Å². The number of anilines is 1. The van der Waals surface area contributed by atoms with Crippen LogP contribution in [0.15, 0.2) is 32.8 Å².